The fourth-order valence-electron chi connectivity index (χ4n) is 4.55. The maximum absolute atomic E-state index is 5.97. The summed E-state index contributed by atoms with van der Waals surface area (Å²) < 4.78 is 5.97. The largest absolute Gasteiger partial charge is 0.376 e. The van der Waals surface area contributed by atoms with Crippen LogP contribution in [0.15, 0.2) is 0 Å². The standard InChI is InChI=1S/C21H41NO/c1-17(2)20-9-7-15-22(16-20)14-6-5-8-19-10-12-21(13-11-19)23-18(3)4/h17-21H,5-16H2,1-4H3. The molecule has 0 spiro atoms. The third-order valence-corrected chi connectivity index (χ3v) is 6.08. The molecule has 136 valence electrons. The lowest BCUT2D eigenvalue weighted by Gasteiger charge is -2.35. The van der Waals surface area contributed by atoms with Crippen LogP contribution in [0.1, 0.15) is 85.5 Å². The minimum atomic E-state index is 0.399. The van der Waals surface area contributed by atoms with Crippen LogP contribution in [0, 0.1) is 17.8 Å². The predicted octanol–water partition coefficient (Wildman–Crippen LogP) is 5.51. The molecule has 1 aliphatic heterocycles. The molecule has 0 amide bonds. The van der Waals surface area contributed by atoms with Gasteiger partial charge in [-0.1, -0.05) is 26.7 Å². The summed E-state index contributed by atoms with van der Waals surface area (Å²) in [6.07, 6.45) is 13.5. The summed E-state index contributed by atoms with van der Waals surface area (Å²) in [6, 6.07) is 0. The van der Waals surface area contributed by atoms with Gasteiger partial charge in [0.05, 0.1) is 12.2 Å². The van der Waals surface area contributed by atoms with Crippen molar-refractivity contribution in [3.8, 4) is 0 Å². The molecule has 1 heterocycles. The van der Waals surface area contributed by atoms with Crippen molar-refractivity contribution in [2.45, 2.75) is 97.7 Å². The first-order chi connectivity index (χ1) is 11.0. The molecule has 0 aromatic rings. The SMILES string of the molecule is CC(C)OC1CCC(CCCCN2CCCC(C(C)C)C2)CC1. The molecule has 1 unspecified atom stereocenters. The lowest BCUT2D eigenvalue weighted by Crippen LogP contribution is -2.37. The van der Waals surface area contributed by atoms with Crippen LogP contribution in [-0.2, 0) is 4.74 Å². The molecule has 2 fully saturated rings. The second-order valence-electron chi connectivity index (χ2n) is 8.77. The Morgan fingerprint density at radius 1 is 0.957 bits per heavy atom. The molecule has 1 atom stereocenters. The quantitative estimate of drug-likeness (QED) is 0.546. The molecule has 0 aromatic carbocycles. The van der Waals surface area contributed by atoms with Gasteiger partial charge in [-0.25, -0.2) is 0 Å². The van der Waals surface area contributed by atoms with E-state index < -0.39 is 0 Å². The Labute approximate surface area is 145 Å². The Bertz CT molecular complexity index is 307. The minimum Gasteiger partial charge on any atom is -0.376 e. The highest BCUT2D eigenvalue weighted by Crippen LogP contribution is 2.30. The van der Waals surface area contributed by atoms with E-state index in [4.69, 9.17) is 4.74 Å². The second kappa shape index (κ2) is 10.0. The fraction of sp³-hybridized carbons (Fsp3) is 1.00. The molecular formula is C21H41NO. The van der Waals surface area contributed by atoms with Crippen molar-refractivity contribution in [3.63, 3.8) is 0 Å². The van der Waals surface area contributed by atoms with Crippen LogP contribution >= 0.6 is 0 Å². The van der Waals surface area contributed by atoms with Crippen molar-refractivity contribution < 1.29 is 4.74 Å². The first-order valence-corrected chi connectivity index (χ1v) is 10.4. The van der Waals surface area contributed by atoms with Gasteiger partial charge in [-0.05, 0) is 89.6 Å². The number of piperidine rings is 1. The average Bonchev–Trinajstić information content (AvgIpc) is 2.53. The van der Waals surface area contributed by atoms with Gasteiger partial charge in [0.1, 0.15) is 0 Å². The summed E-state index contributed by atoms with van der Waals surface area (Å²) in [7, 11) is 0. The van der Waals surface area contributed by atoms with Crippen LogP contribution in [0.5, 0.6) is 0 Å². The third kappa shape index (κ3) is 7.13. The maximum atomic E-state index is 5.97. The molecule has 1 aliphatic carbocycles. The van der Waals surface area contributed by atoms with E-state index in [0.29, 0.717) is 12.2 Å². The van der Waals surface area contributed by atoms with E-state index in [0.717, 1.165) is 17.8 Å². The van der Waals surface area contributed by atoms with Crippen LogP contribution in [0.3, 0.4) is 0 Å². The smallest absolute Gasteiger partial charge is 0.0578 e. The van der Waals surface area contributed by atoms with Crippen molar-refractivity contribution in [2.24, 2.45) is 17.8 Å². The molecule has 2 rings (SSSR count). The molecule has 2 nitrogen and oxygen atoms in total. The highest BCUT2D eigenvalue weighted by Gasteiger charge is 2.23. The molecule has 0 N–H and O–H groups in total. The van der Waals surface area contributed by atoms with Crippen LogP contribution in [0.2, 0.25) is 0 Å². The van der Waals surface area contributed by atoms with Crippen molar-refractivity contribution in [1.29, 1.82) is 0 Å². The lowest BCUT2D eigenvalue weighted by atomic mass is 9.84. The Morgan fingerprint density at radius 3 is 2.35 bits per heavy atom. The zero-order valence-corrected chi connectivity index (χ0v) is 16.2. The minimum absolute atomic E-state index is 0.399. The van der Waals surface area contributed by atoms with Gasteiger partial charge in [-0.3, -0.25) is 0 Å². The number of rotatable bonds is 8. The number of ether oxygens (including phenoxy) is 1. The van der Waals surface area contributed by atoms with Crippen molar-refractivity contribution in [2.75, 3.05) is 19.6 Å². The maximum Gasteiger partial charge on any atom is 0.0578 e. The highest BCUT2D eigenvalue weighted by atomic mass is 16.5. The van der Waals surface area contributed by atoms with E-state index in [9.17, 15) is 0 Å². The van der Waals surface area contributed by atoms with Crippen LogP contribution < -0.4 is 0 Å². The van der Waals surface area contributed by atoms with Gasteiger partial charge in [0.15, 0.2) is 0 Å². The van der Waals surface area contributed by atoms with E-state index in [1.54, 1.807) is 0 Å². The molecular weight excluding hydrogens is 282 g/mol. The normalized spacial score (nSPS) is 30.3. The number of likely N-dealkylation sites (tertiary alicyclic amines) is 1. The van der Waals surface area contributed by atoms with E-state index in [1.165, 1.54) is 77.4 Å². The van der Waals surface area contributed by atoms with Crippen molar-refractivity contribution in [3.05, 3.63) is 0 Å². The van der Waals surface area contributed by atoms with Gasteiger partial charge in [0, 0.05) is 6.54 Å². The van der Waals surface area contributed by atoms with E-state index in [-0.39, 0.29) is 0 Å². The zero-order valence-electron chi connectivity index (χ0n) is 16.2. The average molecular weight is 324 g/mol. The summed E-state index contributed by atoms with van der Waals surface area (Å²) in [5.41, 5.74) is 0. The third-order valence-electron chi connectivity index (χ3n) is 6.08. The van der Waals surface area contributed by atoms with E-state index >= 15 is 0 Å². The van der Waals surface area contributed by atoms with E-state index in [1.807, 2.05) is 0 Å². The van der Waals surface area contributed by atoms with Gasteiger partial charge < -0.3 is 9.64 Å². The van der Waals surface area contributed by atoms with Crippen LogP contribution in [0.4, 0.5) is 0 Å². The van der Waals surface area contributed by atoms with Gasteiger partial charge >= 0.3 is 0 Å². The molecule has 0 bridgehead atoms. The Balaban J connectivity index is 1.53. The Hall–Kier alpha value is -0.0800. The summed E-state index contributed by atoms with van der Waals surface area (Å²) in [6.45, 7) is 13.2. The molecule has 2 aliphatic rings. The Morgan fingerprint density at radius 2 is 1.70 bits per heavy atom. The molecule has 1 saturated carbocycles. The monoisotopic (exact) mass is 323 g/mol. The number of unbranched alkanes of at least 4 members (excludes halogenated alkanes) is 1. The first kappa shape index (κ1) is 19.2. The fourth-order valence-corrected chi connectivity index (χ4v) is 4.55. The topological polar surface area (TPSA) is 12.5 Å². The summed E-state index contributed by atoms with van der Waals surface area (Å²) in [5, 5.41) is 0. The van der Waals surface area contributed by atoms with Gasteiger partial charge in [0.25, 0.3) is 0 Å². The summed E-state index contributed by atoms with van der Waals surface area (Å²) in [4.78, 5) is 2.74. The van der Waals surface area contributed by atoms with Crippen molar-refractivity contribution in [1.82, 2.24) is 4.90 Å². The molecule has 2 heteroatoms. The number of hydrogen-bond donors (Lipinski definition) is 0. The second-order valence-corrected chi connectivity index (χ2v) is 8.77. The molecule has 0 radical (unpaired) electrons. The first-order valence-electron chi connectivity index (χ1n) is 10.4. The number of hydrogen-bond acceptors (Lipinski definition) is 2. The predicted molar refractivity (Wildman–Crippen MR) is 99.8 cm³/mol. The lowest BCUT2D eigenvalue weighted by molar-refractivity contribution is -0.0203. The van der Waals surface area contributed by atoms with Crippen LogP contribution in [-0.4, -0.2) is 36.7 Å². The van der Waals surface area contributed by atoms with Crippen molar-refractivity contribution >= 4 is 0 Å². The summed E-state index contributed by atoms with van der Waals surface area (Å²) in [5.74, 6) is 2.79. The molecule has 23 heavy (non-hydrogen) atoms. The molecule has 1 saturated heterocycles. The Kier molecular flexibility index (Phi) is 8.40. The van der Waals surface area contributed by atoms with E-state index in [2.05, 4.69) is 32.6 Å². The van der Waals surface area contributed by atoms with Gasteiger partial charge in [-0.2, -0.15) is 0 Å². The summed E-state index contributed by atoms with van der Waals surface area (Å²) >= 11 is 0. The van der Waals surface area contributed by atoms with Gasteiger partial charge in [-0.15, -0.1) is 0 Å². The highest BCUT2D eigenvalue weighted by molar-refractivity contribution is 4.76. The zero-order chi connectivity index (χ0) is 16.7. The number of nitrogens with zero attached hydrogens (tertiary/aromatic N) is 1. The van der Waals surface area contributed by atoms with Gasteiger partial charge in [0.2, 0.25) is 0 Å². The van der Waals surface area contributed by atoms with Crippen LogP contribution in [0.25, 0.3) is 0 Å². The molecule has 0 aromatic heterocycles.